The van der Waals surface area contributed by atoms with Crippen molar-refractivity contribution < 1.29 is 14.3 Å². The van der Waals surface area contributed by atoms with Gasteiger partial charge in [0.1, 0.15) is 5.60 Å². The molecule has 0 aromatic carbocycles. The highest BCUT2D eigenvalue weighted by Gasteiger charge is 2.16. The fourth-order valence-corrected chi connectivity index (χ4v) is 1.30. The molecule has 0 aromatic heterocycles. The molecule has 1 N–H and O–H groups in total. The largest absolute Gasteiger partial charge is 0.460 e. The minimum Gasteiger partial charge on any atom is -0.460 e. The minimum absolute atomic E-state index is 0.0973. The van der Waals surface area contributed by atoms with Crippen molar-refractivity contribution in [2.45, 2.75) is 39.2 Å². The maximum atomic E-state index is 11.3. The lowest BCUT2D eigenvalue weighted by Gasteiger charge is -2.19. The van der Waals surface area contributed by atoms with Crippen LogP contribution in [0.15, 0.2) is 0 Å². The van der Waals surface area contributed by atoms with E-state index in [1.54, 1.807) is 11.8 Å². The van der Waals surface area contributed by atoms with E-state index in [4.69, 9.17) is 4.74 Å². The van der Waals surface area contributed by atoms with Crippen molar-refractivity contribution in [3.05, 3.63) is 0 Å². The molecule has 0 fully saturated rings. The Hall–Kier alpha value is -0.710. The second-order valence-electron chi connectivity index (χ2n) is 4.43. The number of amides is 1. The molecule has 0 unspecified atom stereocenters. The average molecular weight is 247 g/mol. The first kappa shape index (κ1) is 15.3. The zero-order valence-corrected chi connectivity index (χ0v) is 11.3. The average Bonchev–Trinajstić information content (AvgIpc) is 2.12. The van der Waals surface area contributed by atoms with Crippen molar-refractivity contribution in [3.63, 3.8) is 0 Å². The predicted molar refractivity (Wildman–Crippen MR) is 66.5 cm³/mol. The van der Waals surface area contributed by atoms with E-state index in [1.165, 1.54) is 0 Å². The summed E-state index contributed by atoms with van der Waals surface area (Å²) in [5, 5.41) is 2.73. The Morgan fingerprint density at radius 2 is 1.88 bits per heavy atom. The van der Waals surface area contributed by atoms with Crippen LogP contribution in [0.4, 0.5) is 0 Å². The second-order valence-corrected chi connectivity index (χ2v) is 5.41. The summed E-state index contributed by atoms with van der Waals surface area (Å²) in [7, 11) is 0. The molecule has 0 saturated carbocycles. The molecule has 1 amide bonds. The molecule has 94 valence electrons. The SMILES string of the molecule is CSCCNC(=O)CCC(=O)OC(C)(C)C. The zero-order valence-electron chi connectivity index (χ0n) is 10.5. The van der Waals surface area contributed by atoms with Gasteiger partial charge in [-0.15, -0.1) is 0 Å². The lowest BCUT2D eigenvalue weighted by atomic mass is 10.2. The van der Waals surface area contributed by atoms with Crippen molar-refractivity contribution in [1.29, 1.82) is 0 Å². The van der Waals surface area contributed by atoms with Crippen LogP contribution in [0.25, 0.3) is 0 Å². The van der Waals surface area contributed by atoms with Gasteiger partial charge in [0.05, 0.1) is 6.42 Å². The first-order chi connectivity index (χ1) is 7.35. The number of ether oxygens (including phenoxy) is 1. The van der Waals surface area contributed by atoms with E-state index in [2.05, 4.69) is 5.32 Å². The molecule has 0 saturated heterocycles. The van der Waals surface area contributed by atoms with Gasteiger partial charge in [0.2, 0.25) is 5.91 Å². The highest BCUT2D eigenvalue weighted by Crippen LogP contribution is 2.08. The van der Waals surface area contributed by atoms with Crippen LogP contribution in [0, 0.1) is 0 Å². The van der Waals surface area contributed by atoms with Crippen LogP contribution in [0.5, 0.6) is 0 Å². The molecular weight excluding hydrogens is 226 g/mol. The molecule has 16 heavy (non-hydrogen) atoms. The molecule has 0 aliphatic rings. The molecule has 0 radical (unpaired) electrons. The van der Waals surface area contributed by atoms with Gasteiger partial charge in [0.25, 0.3) is 0 Å². The summed E-state index contributed by atoms with van der Waals surface area (Å²) in [5.74, 6) is 0.463. The molecule has 0 bridgehead atoms. The number of esters is 1. The van der Waals surface area contributed by atoms with Crippen LogP contribution in [0.2, 0.25) is 0 Å². The van der Waals surface area contributed by atoms with Crippen LogP contribution in [0.3, 0.4) is 0 Å². The molecule has 4 nitrogen and oxygen atoms in total. The minimum atomic E-state index is -0.480. The van der Waals surface area contributed by atoms with E-state index in [9.17, 15) is 9.59 Å². The first-order valence-electron chi connectivity index (χ1n) is 5.32. The molecule has 0 aliphatic heterocycles. The zero-order chi connectivity index (χ0) is 12.6. The van der Waals surface area contributed by atoms with E-state index in [-0.39, 0.29) is 24.7 Å². The van der Waals surface area contributed by atoms with Crippen molar-refractivity contribution in [2.24, 2.45) is 0 Å². The Morgan fingerprint density at radius 3 is 2.38 bits per heavy atom. The lowest BCUT2D eigenvalue weighted by molar-refractivity contribution is -0.155. The van der Waals surface area contributed by atoms with Crippen LogP contribution in [-0.2, 0) is 14.3 Å². The normalized spacial score (nSPS) is 11.0. The fraction of sp³-hybridized carbons (Fsp3) is 0.818. The molecule has 0 heterocycles. The molecular formula is C11H21NO3S. The fourth-order valence-electron chi connectivity index (χ4n) is 0.989. The van der Waals surface area contributed by atoms with Crippen molar-refractivity contribution >= 4 is 23.6 Å². The first-order valence-corrected chi connectivity index (χ1v) is 6.72. The topological polar surface area (TPSA) is 55.4 Å². The van der Waals surface area contributed by atoms with E-state index in [1.807, 2.05) is 27.0 Å². The summed E-state index contributed by atoms with van der Waals surface area (Å²) in [6, 6.07) is 0. The van der Waals surface area contributed by atoms with Crippen LogP contribution < -0.4 is 5.32 Å². The number of hydrogen-bond donors (Lipinski definition) is 1. The van der Waals surface area contributed by atoms with Gasteiger partial charge in [-0.05, 0) is 27.0 Å². The summed E-state index contributed by atoms with van der Waals surface area (Å²) in [4.78, 5) is 22.5. The molecule has 5 heteroatoms. The summed E-state index contributed by atoms with van der Waals surface area (Å²) in [6.07, 6.45) is 2.32. The van der Waals surface area contributed by atoms with Crippen LogP contribution in [-0.4, -0.2) is 36.0 Å². The smallest absolute Gasteiger partial charge is 0.306 e. The Labute approximate surface area is 101 Å². The maximum Gasteiger partial charge on any atom is 0.306 e. The van der Waals surface area contributed by atoms with Gasteiger partial charge in [0.15, 0.2) is 0 Å². The van der Waals surface area contributed by atoms with Gasteiger partial charge < -0.3 is 10.1 Å². The third-order valence-electron chi connectivity index (χ3n) is 1.60. The van der Waals surface area contributed by atoms with Gasteiger partial charge in [-0.2, -0.15) is 11.8 Å². The number of carbonyl (C=O) groups excluding carboxylic acids is 2. The molecule has 0 aliphatic carbocycles. The van der Waals surface area contributed by atoms with E-state index in [0.29, 0.717) is 6.54 Å². The summed E-state index contributed by atoms with van der Waals surface area (Å²) in [5.41, 5.74) is -0.480. The lowest BCUT2D eigenvalue weighted by Crippen LogP contribution is -2.28. The molecule has 0 aromatic rings. The molecule has 0 spiro atoms. The van der Waals surface area contributed by atoms with Gasteiger partial charge in [-0.1, -0.05) is 0 Å². The van der Waals surface area contributed by atoms with Gasteiger partial charge >= 0.3 is 5.97 Å². The van der Waals surface area contributed by atoms with Gasteiger partial charge in [-0.25, -0.2) is 0 Å². The quantitative estimate of drug-likeness (QED) is 0.572. The molecule has 0 atom stereocenters. The van der Waals surface area contributed by atoms with E-state index in [0.717, 1.165) is 5.75 Å². The van der Waals surface area contributed by atoms with Gasteiger partial charge in [0, 0.05) is 18.7 Å². The maximum absolute atomic E-state index is 11.3. The highest BCUT2D eigenvalue weighted by molar-refractivity contribution is 7.98. The summed E-state index contributed by atoms with van der Waals surface area (Å²) in [6.45, 7) is 6.07. The Morgan fingerprint density at radius 1 is 1.25 bits per heavy atom. The summed E-state index contributed by atoms with van der Waals surface area (Å²) < 4.78 is 5.09. The second kappa shape index (κ2) is 7.54. The third kappa shape index (κ3) is 9.83. The monoisotopic (exact) mass is 247 g/mol. The van der Waals surface area contributed by atoms with Crippen LogP contribution >= 0.6 is 11.8 Å². The molecule has 0 rings (SSSR count). The van der Waals surface area contributed by atoms with E-state index < -0.39 is 5.60 Å². The Kier molecular flexibility index (Phi) is 7.21. The number of hydrogen-bond acceptors (Lipinski definition) is 4. The Bertz CT molecular complexity index is 236. The van der Waals surface area contributed by atoms with E-state index >= 15 is 0 Å². The standard InChI is InChI=1S/C11H21NO3S/c1-11(2,3)15-10(14)6-5-9(13)12-7-8-16-4/h5-8H2,1-4H3,(H,12,13). The van der Waals surface area contributed by atoms with Crippen LogP contribution in [0.1, 0.15) is 33.6 Å². The third-order valence-corrected chi connectivity index (χ3v) is 2.22. The van der Waals surface area contributed by atoms with Crippen molar-refractivity contribution in [3.8, 4) is 0 Å². The number of carbonyl (C=O) groups is 2. The highest BCUT2D eigenvalue weighted by atomic mass is 32.2. The summed E-state index contributed by atoms with van der Waals surface area (Å²) >= 11 is 1.67. The van der Waals surface area contributed by atoms with Crippen molar-refractivity contribution in [2.75, 3.05) is 18.6 Å². The Balaban J connectivity index is 3.63. The predicted octanol–water partition coefficient (Wildman–Crippen LogP) is 1.59. The van der Waals surface area contributed by atoms with Gasteiger partial charge in [-0.3, -0.25) is 9.59 Å². The number of rotatable bonds is 6. The van der Waals surface area contributed by atoms with Crippen molar-refractivity contribution in [1.82, 2.24) is 5.32 Å². The number of nitrogens with one attached hydrogen (secondary N) is 1. The number of thioether (sulfide) groups is 1.